The Hall–Kier alpha value is -1.86. The molecule has 1 saturated heterocycles. The van der Waals surface area contributed by atoms with E-state index in [9.17, 15) is 9.18 Å². The summed E-state index contributed by atoms with van der Waals surface area (Å²) in [5, 5.41) is 0. The second kappa shape index (κ2) is 6.10. The number of halogens is 1. The molecule has 3 rings (SSSR count). The van der Waals surface area contributed by atoms with Crippen LogP contribution in [0.1, 0.15) is 24.8 Å². The van der Waals surface area contributed by atoms with Gasteiger partial charge in [0.15, 0.2) is 0 Å². The molecule has 2 aliphatic rings. The molecule has 0 N–H and O–H groups in total. The van der Waals surface area contributed by atoms with Crippen LogP contribution < -0.4 is 0 Å². The second-order valence-electron chi connectivity index (χ2n) is 6.22. The van der Waals surface area contributed by atoms with E-state index in [0.29, 0.717) is 6.54 Å². The third-order valence-corrected chi connectivity index (χ3v) is 4.99. The molecule has 0 atom stereocenters. The summed E-state index contributed by atoms with van der Waals surface area (Å²) in [5.41, 5.74) is 0.526. The molecule has 116 valence electrons. The summed E-state index contributed by atoms with van der Waals surface area (Å²) >= 11 is 0. The number of piperazine rings is 1. The molecule has 1 aromatic rings. The zero-order valence-electron chi connectivity index (χ0n) is 12.7. The van der Waals surface area contributed by atoms with Gasteiger partial charge in [0.1, 0.15) is 5.82 Å². The van der Waals surface area contributed by atoms with Crippen molar-refractivity contribution in [3.63, 3.8) is 0 Å². The minimum Gasteiger partial charge on any atom is -0.339 e. The van der Waals surface area contributed by atoms with E-state index in [4.69, 9.17) is 6.42 Å². The molecule has 0 radical (unpaired) electrons. The van der Waals surface area contributed by atoms with Gasteiger partial charge in [0.05, 0.1) is 12.0 Å². The number of nitrogens with zero attached hydrogens (tertiary/aromatic N) is 2. The number of rotatable bonds is 3. The number of carbonyl (C=O) groups excluding carboxylic acids is 1. The molecule has 3 nitrogen and oxygen atoms in total. The first kappa shape index (κ1) is 15.1. The highest BCUT2D eigenvalue weighted by Gasteiger charge is 2.47. The van der Waals surface area contributed by atoms with Crippen molar-refractivity contribution in [2.75, 3.05) is 32.7 Å². The fourth-order valence-corrected chi connectivity index (χ4v) is 3.47. The first-order valence-electron chi connectivity index (χ1n) is 7.87. The molecular formula is C18H21FN2O. The molecule has 1 saturated carbocycles. The Morgan fingerprint density at radius 1 is 1.18 bits per heavy atom. The van der Waals surface area contributed by atoms with Crippen LogP contribution in [0.4, 0.5) is 4.39 Å². The number of carbonyl (C=O) groups is 1. The molecule has 1 heterocycles. The number of hydrogen-bond donors (Lipinski definition) is 0. The lowest BCUT2D eigenvalue weighted by atomic mass is 9.63. The zero-order chi connectivity index (χ0) is 15.6. The van der Waals surface area contributed by atoms with Gasteiger partial charge in [-0.1, -0.05) is 24.5 Å². The topological polar surface area (TPSA) is 23.6 Å². The Labute approximate surface area is 131 Å². The molecule has 1 amide bonds. The van der Waals surface area contributed by atoms with E-state index in [1.165, 1.54) is 12.1 Å². The SMILES string of the molecule is C#CCN1CCN(C(=O)C2(c3ccc(F)cc3)CCC2)CC1. The van der Waals surface area contributed by atoms with Crippen molar-refractivity contribution in [2.45, 2.75) is 24.7 Å². The summed E-state index contributed by atoms with van der Waals surface area (Å²) < 4.78 is 13.2. The van der Waals surface area contributed by atoms with Crippen molar-refractivity contribution in [3.8, 4) is 12.3 Å². The van der Waals surface area contributed by atoms with Gasteiger partial charge >= 0.3 is 0 Å². The monoisotopic (exact) mass is 300 g/mol. The van der Waals surface area contributed by atoms with Crippen LogP contribution in [-0.2, 0) is 10.2 Å². The van der Waals surface area contributed by atoms with Gasteiger partial charge in [0.25, 0.3) is 0 Å². The number of amides is 1. The lowest BCUT2D eigenvalue weighted by Crippen LogP contribution is -2.56. The van der Waals surface area contributed by atoms with Crippen molar-refractivity contribution in [1.82, 2.24) is 9.80 Å². The van der Waals surface area contributed by atoms with E-state index in [-0.39, 0.29) is 11.7 Å². The zero-order valence-corrected chi connectivity index (χ0v) is 12.7. The number of terminal acetylenes is 1. The highest BCUT2D eigenvalue weighted by molar-refractivity contribution is 5.89. The van der Waals surface area contributed by atoms with Gasteiger partial charge < -0.3 is 4.90 Å². The maximum atomic E-state index is 13.2. The molecule has 2 fully saturated rings. The van der Waals surface area contributed by atoms with Crippen LogP contribution in [0.25, 0.3) is 0 Å². The van der Waals surface area contributed by atoms with E-state index in [1.54, 1.807) is 12.1 Å². The van der Waals surface area contributed by atoms with Gasteiger partial charge in [-0.2, -0.15) is 0 Å². The first-order chi connectivity index (χ1) is 10.7. The van der Waals surface area contributed by atoms with Crippen LogP contribution in [-0.4, -0.2) is 48.4 Å². The maximum Gasteiger partial charge on any atom is 0.233 e. The van der Waals surface area contributed by atoms with Crippen molar-refractivity contribution in [3.05, 3.63) is 35.6 Å². The summed E-state index contributed by atoms with van der Waals surface area (Å²) in [7, 11) is 0. The Balaban J connectivity index is 1.73. The predicted molar refractivity (Wildman–Crippen MR) is 83.8 cm³/mol. The summed E-state index contributed by atoms with van der Waals surface area (Å²) in [4.78, 5) is 17.2. The molecule has 1 aliphatic carbocycles. The van der Waals surface area contributed by atoms with Crippen molar-refractivity contribution in [1.29, 1.82) is 0 Å². The lowest BCUT2D eigenvalue weighted by Gasteiger charge is -2.46. The standard InChI is InChI=1S/C18H21FN2O/c1-2-10-20-11-13-21(14-12-20)17(22)18(8-3-9-18)15-4-6-16(19)7-5-15/h1,4-7H,3,8-14H2. The summed E-state index contributed by atoms with van der Waals surface area (Å²) in [6, 6.07) is 6.43. The molecule has 1 aromatic carbocycles. The Kier molecular flexibility index (Phi) is 4.17. The third kappa shape index (κ3) is 2.62. The highest BCUT2D eigenvalue weighted by Crippen LogP contribution is 2.45. The Morgan fingerprint density at radius 2 is 1.82 bits per heavy atom. The molecule has 0 aromatic heterocycles. The van der Waals surface area contributed by atoms with Gasteiger partial charge in [0.2, 0.25) is 5.91 Å². The molecule has 4 heteroatoms. The smallest absolute Gasteiger partial charge is 0.233 e. The molecule has 0 bridgehead atoms. The fraction of sp³-hybridized carbons (Fsp3) is 0.500. The third-order valence-electron chi connectivity index (χ3n) is 4.99. The molecule has 1 aliphatic heterocycles. The van der Waals surface area contributed by atoms with E-state index < -0.39 is 5.41 Å². The minimum atomic E-state index is -0.429. The fourth-order valence-electron chi connectivity index (χ4n) is 3.47. The van der Waals surface area contributed by atoms with Crippen LogP contribution in [0.15, 0.2) is 24.3 Å². The van der Waals surface area contributed by atoms with E-state index in [0.717, 1.165) is 51.0 Å². The van der Waals surface area contributed by atoms with Gasteiger partial charge in [-0.25, -0.2) is 4.39 Å². The Morgan fingerprint density at radius 3 is 2.32 bits per heavy atom. The van der Waals surface area contributed by atoms with Crippen LogP contribution in [0.5, 0.6) is 0 Å². The second-order valence-corrected chi connectivity index (χ2v) is 6.22. The summed E-state index contributed by atoms with van der Waals surface area (Å²) in [5.74, 6) is 2.60. The first-order valence-corrected chi connectivity index (χ1v) is 7.87. The van der Waals surface area contributed by atoms with Crippen LogP contribution in [0, 0.1) is 18.2 Å². The normalized spacial score (nSPS) is 21.0. The van der Waals surface area contributed by atoms with Gasteiger partial charge in [-0.15, -0.1) is 6.42 Å². The Bertz CT molecular complexity index is 578. The highest BCUT2D eigenvalue weighted by atomic mass is 19.1. The number of hydrogen-bond acceptors (Lipinski definition) is 2. The average Bonchev–Trinajstić information content (AvgIpc) is 2.49. The van der Waals surface area contributed by atoms with Crippen LogP contribution in [0.3, 0.4) is 0 Å². The van der Waals surface area contributed by atoms with E-state index in [2.05, 4.69) is 10.8 Å². The van der Waals surface area contributed by atoms with E-state index in [1.807, 2.05) is 4.90 Å². The van der Waals surface area contributed by atoms with Crippen LogP contribution >= 0.6 is 0 Å². The van der Waals surface area contributed by atoms with Crippen molar-refractivity contribution >= 4 is 5.91 Å². The maximum absolute atomic E-state index is 13.2. The van der Waals surface area contributed by atoms with Crippen molar-refractivity contribution in [2.24, 2.45) is 0 Å². The van der Waals surface area contributed by atoms with E-state index >= 15 is 0 Å². The molecule has 0 unspecified atom stereocenters. The summed E-state index contributed by atoms with van der Waals surface area (Å²) in [6.45, 7) is 3.75. The molecule has 0 spiro atoms. The minimum absolute atomic E-state index is 0.200. The van der Waals surface area contributed by atoms with Gasteiger partial charge in [0, 0.05) is 26.2 Å². The number of benzene rings is 1. The molecule has 22 heavy (non-hydrogen) atoms. The van der Waals surface area contributed by atoms with Gasteiger partial charge in [-0.05, 0) is 30.5 Å². The predicted octanol–water partition coefficient (Wildman–Crippen LogP) is 2.02. The quantitative estimate of drug-likeness (QED) is 0.798. The van der Waals surface area contributed by atoms with Crippen molar-refractivity contribution < 1.29 is 9.18 Å². The molecular weight excluding hydrogens is 279 g/mol. The lowest BCUT2D eigenvalue weighted by molar-refractivity contribution is -0.142. The largest absolute Gasteiger partial charge is 0.339 e. The summed E-state index contributed by atoms with van der Waals surface area (Å²) in [6.07, 6.45) is 8.12. The van der Waals surface area contributed by atoms with Crippen LogP contribution in [0.2, 0.25) is 0 Å². The average molecular weight is 300 g/mol. The van der Waals surface area contributed by atoms with Gasteiger partial charge in [-0.3, -0.25) is 9.69 Å².